The Morgan fingerprint density at radius 3 is 2.41 bits per heavy atom. The first-order chi connectivity index (χ1) is 17.7. The fourth-order valence-electron chi connectivity index (χ4n) is 4.80. The molecule has 196 valence electrons. The molecule has 0 radical (unpaired) electrons. The summed E-state index contributed by atoms with van der Waals surface area (Å²) in [6.45, 7) is 7.37. The van der Waals surface area contributed by atoms with E-state index in [0.717, 1.165) is 35.2 Å². The Kier molecular flexibility index (Phi) is 7.53. The molecule has 0 atom stereocenters. The number of benzene rings is 1. The van der Waals surface area contributed by atoms with Gasteiger partial charge in [0.1, 0.15) is 11.5 Å². The predicted octanol–water partition coefficient (Wildman–Crippen LogP) is 4.34. The SMILES string of the molecule is Cc1cccc(N2CCN(C(=O)c3csc(C4CCN(S(=O)(=O)c5ccc(C)c(Cl)c5)CC4)n3)CC2)n1. The summed E-state index contributed by atoms with van der Waals surface area (Å²) in [4.78, 5) is 26.7. The first kappa shape index (κ1) is 26.1. The predicted molar refractivity (Wildman–Crippen MR) is 146 cm³/mol. The number of hydrogen-bond donors (Lipinski definition) is 0. The first-order valence-corrected chi connectivity index (χ1v) is 15.1. The number of carbonyl (C=O) groups excluding carboxylic acids is 1. The van der Waals surface area contributed by atoms with Gasteiger partial charge in [-0.25, -0.2) is 18.4 Å². The number of anilines is 1. The van der Waals surface area contributed by atoms with Crippen molar-refractivity contribution in [2.24, 2.45) is 0 Å². The summed E-state index contributed by atoms with van der Waals surface area (Å²) in [7, 11) is -3.59. The number of halogens is 1. The van der Waals surface area contributed by atoms with Crippen molar-refractivity contribution in [3.05, 3.63) is 68.8 Å². The van der Waals surface area contributed by atoms with E-state index < -0.39 is 10.0 Å². The van der Waals surface area contributed by atoms with Crippen LogP contribution in [0, 0.1) is 13.8 Å². The number of piperazine rings is 1. The van der Waals surface area contributed by atoms with Gasteiger partial charge in [-0.3, -0.25) is 4.79 Å². The molecule has 1 amide bonds. The zero-order chi connectivity index (χ0) is 26.2. The van der Waals surface area contributed by atoms with E-state index in [1.807, 2.05) is 42.3 Å². The Bertz CT molecular complexity index is 1390. The van der Waals surface area contributed by atoms with Gasteiger partial charge >= 0.3 is 0 Å². The van der Waals surface area contributed by atoms with E-state index in [9.17, 15) is 13.2 Å². The normalized spacial score (nSPS) is 17.8. The van der Waals surface area contributed by atoms with E-state index in [1.54, 1.807) is 12.1 Å². The lowest BCUT2D eigenvalue weighted by molar-refractivity contribution is 0.0741. The molecule has 2 aliphatic rings. The number of aromatic nitrogens is 2. The van der Waals surface area contributed by atoms with Crippen molar-refractivity contribution in [1.29, 1.82) is 0 Å². The molecule has 2 aromatic heterocycles. The van der Waals surface area contributed by atoms with Gasteiger partial charge in [-0.05, 0) is 56.5 Å². The lowest BCUT2D eigenvalue weighted by atomic mass is 9.99. The Morgan fingerprint density at radius 2 is 1.73 bits per heavy atom. The molecule has 4 heterocycles. The third kappa shape index (κ3) is 5.52. The second kappa shape index (κ2) is 10.7. The summed E-state index contributed by atoms with van der Waals surface area (Å²) in [5.74, 6) is 1.04. The minimum absolute atomic E-state index is 0.0457. The molecule has 0 saturated carbocycles. The van der Waals surface area contributed by atoms with Crippen molar-refractivity contribution in [1.82, 2.24) is 19.2 Å². The highest BCUT2D eigenvalue weighted by Gasteiger charge is 2.32. The molecule has 8 nitrogen and oxygen atoms in total. The van der Waals surface area contributed by atoms with E-state index in [4.69, 9.17) is 11.6 Å². The maximum Gasteiger partial charge on any atom is 0.273 e. The zero-order valence-electron chi connectivity index (χ0n) is 20.9. The molecule has 2 fully saturated rings. The average molecular weight is 560 g/mol. The zero-order valence-corrected chi connectivity index (χ0v) is 23.3. The number of piperidine rings is 1. The lowest BCUT2D eigenvalue weighted by Crippen LogP contribution is -2.49. The molecule has 0 bridgehead atoms. The van der Waals surface area contributed by atoms with E-state index in [-0.39, 0.29) is 16.7 Å². The highest BCUT2D eigenvalue weighted by Crippen LogP contribution is 2.33. The third-order valence-corrected chi connectivity index (χ3v) is 10.4. The quantitative estimate of drug-likeness (QED) is 0.462. The van der Waals surface area contributed by atoms with Gasteiger partial charge in [-0.2, -0.15) is 4.31 Å². The Labute approximate surface area is 226 Å². The fraction of sp³-hybridized carbons (Fsp3) is 0.423. The van der Waals surface area contributed by atoms with E-state index in [1.165, 1.54) is 21.7 Å². The molecule has 37 heavy (non-hydrogen) atoms. The van der Waals surface area contributed by atoms with Crippen LogP contribution in [-0.4, -0.2) is 72.8 Å². The van der Waals surface area contributed by atoms with Gasteiger partial charge in [0.25, 0.3) is 5.91 Å². The maximum absolute atomic E-state index is 13.1. The number of hydrogen-bond acceptors (Lipinski definition) is 7. The molecule has 5 rings (SSSR count). The number of carbonyl (C=O) groups is 1. The molecule has 2 aliphatic heterocycles. The molecule has 3 aromatic rings. The lowest BCUT2D eigenvalue weighted by Gasteiger charge is -2.35. The summed E-state index contributed by atoms with van der Waals surface area (Å²) in [5, 5.41) is 3.19. The number of aryl methyl sites for hydroxylation is 2. The van der Waals surface area contributed by atoms with Gasteiger partial charge in [0.15, 0.2) is 0 Å². The highest BCUT2D eigenvalue weighted by molar-refractivity contribution is 7.89. The molecule has 0 unspecified atom stereocenters. The minimum atomic E-state index is -3.59. The highest BCUT2D eigenvalue weighted by atomic mass is 35.5. The molecule has 0 aliphatic carbocycles. The van der Waals surface area contributed by atoms with Crippen LogP contribution in [0.2, 0.25) is 5.02 Å². The van der Waals surface area contributed by atoms with Crippen LogP contribution in [0.15, 0.2) is 46.7 Å². The number of pyridine rings is 1. The smallest absolute Gasteiger partial charge is 0.273 e. The molecule has 0 spiro atoms. The van der Waals surface area contributed by atoms with Gasteiger partial charge in [-0.15, -0.1) is 11.3 Å². The summed E-state index contributed by atoms with van der Waals surface area (Å²) in [5.41, 5.74) is 2.30. The number of nitrogens with zero attached hydrogens (tertiary/aromatic N) is 5. The Morgan fingerprint density at radius 1 is 1.00 bits per heavy atom. The van der Waals surface area contributed by atoms with Crippen LogP contribution in [0.25, 0.3) is 0 Å². The number of sulfonamides is 1. The van der Waals surface area contributed by atoms with Gasteiger partial charge in [0, 0.05) is 61.3 Å². The number of amides is 1. The number of rotatable bonds is 5. The second-order valence-corrected chi connectivity index (χ2v) is 12.8. The van der Waals surface area contributed by atoms with E-state index >= 15 is 0 Å². The van der Waals surface area contributed by atoms with Crippen molar-refractivity contribution in [3.63, 3.8) is 0 Å². The van der Waals surface area contributed by atoms with Gasteiger partial charge in [0.05, 0.1) is 9.90 Å². The molecular weight excluding hydrogens is 530 g/mol. The van der Waals surface area contributed by atoms with Crippen LogP contribution >= 0.6 is 22.9 Å². The summed E-state index contributed by atoms with van der Waals surface area (Å²) >= 11 is 7.65. The van der Waals surface area contributed by atoms with E-state index in [2.05, 4.69) is 14.9 Å². The Hall–Kier alpha value is -2.53. The summed E-state index contributed by atoms with van der Waals surface area (Å²) in [6.07, 6.45) is 1.34. The van der Waals surface area contributed by atoms with E-state index in [0.29, 0.717) is 49.7 Å². The molecule has 2 saturated heterocycles. The molecule has 11 heteroatoms. The molecule has 1 aromatic carbocycles. The monoisotopic (exact) mass is 559 g/mol. The van der Waals surface area contributed by atoms with Crippen LogP contribution in [-0.2, 0) is 10.0 Å². The topological polar surface area (TPSA) is 86.7 Å². The minimum Gasteiger partial charge on any atom is -0.353 e. The molecular formula is C26H30ClN5O3S2. The van der Waals surface area contributed by atoms with Crippen LogP contribution in [0.3, 0.4) is 0 Å². The third-order valence-electron chi connectivity index (χ3n) is 7.09. The first-order valence-electron chi connectivity index (χ1n) is 12.4. The molecule has 0 N–H and O–H groups in total. The van der Waals surface area contributed by atoms with Crippen molar-refractivity contribution in [2.45, 2.75) is 37.5 Å². The summed E-state index contributed by atoms with van der Waals surface area (Å²) < 4.78 is 27.7. The second-order valence-electron chi connectivity index (χ2n) is 9.58. The standard InChI is InChI=1S/C26H30ClN5O3S2/c1-18-6-7-21(16-22(18)27)37(34,35)32-10-8-20(9-11-32)25-29-23(17-36-25)26(33)31-14-12-30(13-15-31)24-5-3-4-19(2)28-24/h3-7,16-17,20H,8-15H2,1-2H3. The van der Waals surface area contributed by atoms with Gasteiger partial charge in [0.2, 0.25) is 10.0 Å². The Balaban J connectivity index is 1.17. The fourth-order valence-corrected chi connectivity index (χ4v) is 7.51. The van der Waals surface area contributed by atoms with Crippen LogP contribution < -0.4 is 4.90 Å². The number of thiazole rings is 1. The largest absolute Gasteiger partial charge is 0.353 e. The van der Waals surface area contributed by atoms with Gasteiger partial charge in [-0.1, -0.05) is 23.7 Å². The summed E-state index contributed by atoms with van der Waals surface area (Å²) in [6, 6.07) is 10.8. The van der Waals surface area contributed by atoms with Crippen molar-refractivity contribution in [2.75, 3.05) is 44.2 Å². The van der Waals surface area contributed by atoms with Crippen LogP contribution in [0.4, 0.5) is 5.82 Å². The average Bonchev–Trinajstić information content (AvgIpc) is 3.40. The maximum atomic E-state index is 13.1. The van der Waals surface area contributed by atoms with Crippen molar-refractivity contribution >= 4 is 44.7 Å². The van der Waals surface area contributed by atoms with Crippen molar-refractivity contribution < 1.29 is 13.2 Å². The van der Waals surface area contributed by atoms with Crippen LogP contribution in [0.5, 0.6) is 0 Å². The van der Waals surface area contributed by atoms with Gasteiger partial charge < -0.3 is 9.80 Å². The van der Waals surface area contributed by atoms with Crippen molar-refractivity contribution in [3.8, 4) is 0 Å². The van der Waals surface area contributed by atoms with Crippen LogP contribution in [0.1, 0.15) is 45.5 Å².